The topological polar surface area (TPSA) is 54.3 Å². The highest BCUT2D eigenvalue weighted by Crippen LogP contribution is 2.33. The minimum Gasteiger partial charge on any atom is -0.396 e. The number of benzene rings is 1. The fraction of sp³-hybridized carbons (Fsp3) is 0.591. The van der Waals surface area contributed by atoms with Crippen molar-refractivity contribution in [2.75, 3.05) is 11.9 Å². The molecule has 0 radical (unpaired) electrons. The van der Waals surface area contributed by atoms with Crippen LogP contribution >= 0.6 is 0 Å². The van der Waals surface area contributed by atoms with E-state index in [-0.39, 0.29) is 17.9 Å². The molecule has 2 aromatic rings. The monoisotopic (exact) mass is 372 g/mol. The number of halogens is 1. The zero-order chi connectivity index (χ0) is 18.8. The molecule has 2 aliphatic rings. The normalized spacial score (nSPS) is 19.0. The van der Waals surface area contributed by atoms with E-state index in [4.69, 9.17) is 0 Å². The maximum Gasteiger partial charge on any atom is 0.192 e. The second kappa shape index (κ2) is 8.01. The van der Waals surface area contributed by atoms with Crippen molar-refractivity contribution < 1.29 is 9.50 Å². The lowest BCUT2D eigenvalue weighted by atomic mass is 9.95. The van der Waals surface area contributed by atoms with Crippen LogP contribution in [0, 0.1) is 5.82 Å². The molecule has 1 heterocycles. The number of aliphatic hydroxyl groups is 1. The predicted molar refractivity (Wildman–Crippen MR) is 107 cm³/mol. The third kappa shape index (κ3) is 3.75. The standard InChI is InChI=1S/C22H29FN2O2/c23-19-12-18-21(13-20(19)24-16-6-2-1-3-7-16)25(17-8-4-5-9-17)14-15(10-11-26)22(18)27/h12-14,16-17,24,26H,1-11H2. The number of pyridine rings is 1. The van der Waals surface area contributed by atoms with Crippen molar-refractivity contribution in [1.29, 1.82) is 0 Å². The van der Waals surface area contributed by atoms with Gasteiger partial charge in [0.15, 0.2) is 5.43 Å². The molecule has 0 unspecified atom stereocenters. The Bertz CT molecular complexity index is 865. The van der Waals surface area contributed by atoms with E-state index in [0.717, 1.165) is 31.2 Å². The molecule has 0 aliphatic heterocycles. The third-order valence-electron chi connectivity index (χ3n) is 6.26. The number of hydrogen-bond acceptors (Lipinski definition) is 3. The van der Waals surface area contributed by atoms with Gasteiger partial charge in [0.25, 0.3) is 0 Å². The van der Waals surface area contributed by atoms with Gasteiger partial charge in [-0.05, 0) is 37.8 Å². The first-order chi connectivity index (χ1) is 13.2. The lowest BCUT2D eigenvalue weighted by Gasteiger charge is -2.25. The summed E-state index contributed by atoms with van der Waals surface area (Å²) in [5.74, 6) is -0.357. The molecule has 2 saturated carbocycles. The molecule has 27 heavy (non-hydrogen) atoms. The highest BCUT2D eigenvalue weighted by atomic mass is 19.1. The molecule has 4 rings (SSSR count). The maximum absolute atomic E-state index is 14.8. The predicted octanol–water partition coefficient (Wildman–Crippen LogP) is 4.54. The average molecular weight is 372 g/mol. The number of anilines is 1. The summed E-state index contributed by atoms with van der Waals surface area (Å²) in [5, 5.41) is 13.1. The van der Waals surface area contributed by atoms with E-state index in [2.05, 4.69) is 9.88 Å². The van der Waals surface area contributed by atoms with Gasteiger partial charge in [-0.1, -0.05) is 32.1 Å². The fourth-order valence-electron chi connectivity index (χ4n) is 4.79. The summed E-state index contributed by atoms with van der Waals surface area (Å²) in [4.78, 5) is 12.8. The largest absolute Gasteiger partial charge is 0.396 e. The van der Waals surface area contributed by atoms with Crippen LogP contribution < -0.4 is 10.7 Å². The molecule has 5 heteroatoms. The number of aliphatic hydroxyl groups excluding tert-OH is 1. The lowest BCUT2D eigenvalue weighted by molar-refractivity contribution is 0.299. The van der Waals surface area contributed by atoms with Crippen molar-refractivity contribution in [3.8, 4) is 0 Å². The van der Waals surface area contributed by atoms with Crippen LogP contribution in [-0.2, 0) is 6.42 Å². The molecule has 1 aromatic heterocycles. The third-order valence-corrected chi connectivity index (χ3v) is 6.26. The Morgan fingerprint density at radius 3 is 2.48 bits per heavy atom. The molecule has 2 aliphatic carbocycles. The Hall–Kier alpha value is -1.88. The van der Waals surface area contributed by atoms with Crippen LogP contribution in [0.15, 0.2) is 23.1 Å². The fourth-order valence-corrected chi connectivity index (χ4v) is 4.79. The van der Waals surface area contributed by atoms with E-state index in [1.54, 1.807) is 0 Å². The van der Waals surface area contributed by atoms with Crippen LogP contribution in [0.2, 0.25) is 0 Å². The van der Waals surface area contributed by atoms with Crippen molar-refractivity contribution in [1.82, 2.24) is 4.57 Å². The smallest absolute Gasteiger partial charge is 0.192 e. The van der Waals surface area contributed by atoms with E-state index >= 15 is 0 Å². The van der Waals surface area contributed by atoms with E-state index in [1.165, 1.54) is 38.2 Å². The lowest BCUT2D eigenvalue weighted by Crippen LogP contribution is -2.23. The van der Waals surface area contributed by atoms with E-state index in [0.29, 0.717) is 35.1 Å². The maximum atomic E-state index is 14.8. The summed E-state index contributed by atoms with van der Waals surface area (Å²) in [6, 6.07) is 3.89. The zero-order valence-electron chi connectivity index (χ0n) is 15.8. The molecule has 0 amide bonds. The van der Waals surface area contributed by atoms with Gasteiger partial charge in [0.05, 0.1) is 11.2 Å². The highest BCUT2D eigenvalue weighted by Gasteiger charge is 2.22. The minimum atomic E-state index is -0.357. The Morgan fingerprint density at radius 1 is 1.07 bits per heavy atom. The van der Waals surface area contributed by atoms with Crippen LogP contribution in [0.5, 0.6) is 0 Å². The van der Waals surface area contributed by atoms with Gasteiger partial charge in [-0.15, -0.1) is 0 Å². The molecule has 0 bridgehead atoms. The molecule has 1 aromatic carbocycles. The minimum absolute atomic E-state index is 0.0742. The SMILES string of the molecule is O=c1c(CCO)cn(C2CCCC2)c2cc(NC3CCCCC3)c(F)cc12. The van der Waals surface area contributed by atoms with Crippen molar-refractivity contribution in [2.24, 2.45) is 0 Å². The molecule has 0 atom stereocenters. The van der Waals surface area contributed by atoms with E-state index in [9.17, 15) is 14.3 Å². The Kier molecular flexibility index (Phi) is 5.48. The number of fused-ring (bicyclic) bond motifs is 1. The molecular weight excluding hydrogens is 343 g/mol. The van der Waals surface area contributed by atoms with Crippen LogP contribution in [0.4, 0.5) is 10.1 Å². The van der Waals surface area contributed by atoms with Gasteiger partial charge in [-0.25, -0.2) is 4.39 Å². The van der Waals surface area contributed by atoms with Crippen molar-refractivity contribution >= 4 is 16.6 Å². The highest BCUT2D eigenvalue weighted by molar-refractivity contribution is 5.83. The van der Waals surface area contributed by atoms with E-state index < -0.39 is 0 Å². The van der Waals surface area contributed by atoms with E-state index in [1.807, 2.05) is 12.3 Å². The van der Waals surface area contributed by atoms with Gasteiger partial charge < -0.3 is 15.0 Å². The van der Waals surface area contributed by atoms with Crippen LogP contribution in [-0.4, -0.2) is 22.3 Å². The Morgan fingerprint density at radius 2 is 1.78 bits per heavy atom. The van der Waals surface area contributed by atoms with Crippen LogP contribution in [0.25, 0.3) is 10.9 Å². The summed E-state index contributed by atoms with van der Waals surface area (Å²) in [7, 11) is 0. The first-order valence-electron chi connectivity index (χ1n) is 10.4. The summed E-state index contributed by atoms with van der Waals surface area (Å²) in [6.45, 7) is -0.0742. The Balaban J connectivity index is 1.80. The summed E-state index contributed by atoms with van der Waals surface area (Å²) < 4.78 is 17.0. The molecule has 2 N–H and O–H groups in total. The van der Waals surface area contributed by atoms with Gasteiger partial charge in [-0.2, -0.15) is 0 Å². The molecule has 0 spiro atoms. The second-order valence-electron chi connectivity index (χ2n) is 8.13. The summed E-state index contributed by atoms with van der Waals surface area (Å²) in [6.07, 6.45) is 12.5. The van der Waals surface area contributed by atoms with Crippen molar-refractivity contribution in [3.05, 3.63) is 39.9 Å². The van der Waals surface area contributed by atoms with Crippen LogP contribution in [0.1, 0.15) is 69.4 Å². The molecule has 2 fully saturated rings. The summed E-state index contributed by atoms with van der Waals surface area (Å²) in [5.41, 5.74) is 1.74. The molecule has 4 nitrogen and oxygen atoms in total. The number of aromatic nitrogens is 1. The quantitative estimate of drug-likeness (QED) is 0.810. The average Bonchev–Trinajstić information content (AvgIpc) is 3.21. The molecule has 146 valence electrons. The van der Waals surface area contributed by atoms with Crippen LogP contribution in [0.3, 0.4) is 0 Å². The number of nitrogens with one attached hydrogen (secondary N) is 1. The molecular formula is C22H29FN2O2. The molecule has 0 saturated heterocycles. The van der Waals surface area contributed by atoms with Gasteiger partial charge >= 0.3 is 0 Å². The van der Waals surface area contributed by atoms with Gasteiger partial charge in [0.2, 0.25) is 0 Å². The Labute approximate surface area is 159 Å². The van der Waals surface area contributed by atoms with Gasteiger partial charge in [0, 0.05) is 42.3 Å². The number of hydrogen-bond donors (Lipinski definition) is 2. The zero-order valence-corrected chi connectivity index (χ0v) is 15.8. The number of rotatable bonds is 5. The summed E-state index contributed by atoms with van der Waals surface area (Å²) >= 11 is 0. The second-order valence-corrected chi connectivity index (χ2v) is 8.13. The number of nitrogens with zero attached hydrogens (tertiary/aromatic N) is 1. The van der Waals surface area contributed by atoms with Crippen molar-refractivity contribution in [2.45, 2.75) is 76.3 Å². The first kappa shape index (κ1) is 18.5. The van der Waals surface area contributed by atoms with Crippen molar-refractivity contribution in [3.63, 3.8) is 0 Å². The van der Waals surface area contributed by atoms with Gasteiger partial charge in [-0.3, -0.25) is 4.79 Å². The first-order valence-corrected chi connectivity index (χ1v) is 10.4. The van der Waals surface area contributed by atoms with Gasteiger partial charge in [0.1, 0.15) is 5.82 Å².